The lowest BCUT2D eigenvalue weighted by atomic mass is 9.95. The number of rotatable bonds is 6. The van der Waals surface area contributed by atoms with Crippen LogP contribution in [0.3, 0.4) is 0 Å². The monoisotopic (exact) mass is 266 g/mol. The summed E-state index contributed by atoms with van der Waals surface area (Å²) in [4.78, 5) is 2.32. The Bertz CT molecular complexity index is 376. The van der Waals surface area contributed by atoms with Gasteiger partial charge >= 0.3 is 0 Å². The van der Waals surface area contributed by atoms with Gasteiger partial charge in [-0.3, -0.25) is 4.90 Å². The summed E-state index contributed by atoms with van der Waals surface area (Å²) in [5.74, 6) is 2.58. The number of aryl methyl sites for hydroxylation is 1. The second-order valence-electron chi connectivity index (χ2n) is 5.50. The van der Waals surface area contributed by atoms with Gasteiger partial charge in [0, 0.05) is 25.1 Å². The number of nitrogens with zero attached hydrogens (tertiary/aromatic N) is 1. The highest BCUT2D eigenvalue weighted by Crippen LogP contribution is 2.17. The molecule has 4 heteroatoms. The second kappa shape index (κ2) is 7.08. The summed E-state index contributed by atoms with van der Waals surface area (Å²) in [6.07, 6.45) is 1.12. The summed E-state index contributed by atoms with van der Waals surface area (Å²) in [6, 6.07) is 4.67. The van der Waals surface area contributed by atoms with E-state index < -0.39 is 0 Å². The SMILES string of the molecule is CCNC1CCOCC1CN(C)Cc1ccc(C)o1. The molecule has 1 N–H and O–H groups in total. The lowest BCUT2D eigenvalue weighted by molar-refractivity contribution is 0.0186. The van der Waals surface area contributed by atoms with Crippen LogP contribution < -0.4 is 5.32 Å². The van der Waals surface area contributed by atoms with Crippen LogP contribution in [0.5, 0.6) is 0 Å². The first-order valence-corrected chi connectivity index (χ1v) is 7.24. The van der Waals surface area contributed by atoms with Crippen LogP contribution in [-0.4, -0.2) is 44.3 Å². The van der Waals surface area contributed by atoms with Crippen LogP contribution >= 0.6 is 0 Å². The summed E-state index contributed by atoms with van der Waals surface area (Å²) < 4.78 is 11.3. The Kier molecular flexibility index (Phi) is 5.43. The average Bonchev–Trinajstić information content (AvgIpc) is 2.77. The molecule has 1 saturated heterocycles. The van der Waals surface area contributed by atoms with Crippen molar-refractivity contribution >= 4 is 0 Å². The zero-order valence-electron chi connectivity index (χ0n) is 12.3. The van der Waals surface area contributed by atoms with Gasteiger partial charge in [-0.05, 0) is 39.1 Å². The van der Waals surface area contributed by atoms with Gasteiger partial charge in [0.05, 0.1) is 13.2 Å². The third-order valence-corrected chi connectivity index (χ3v) is 3.71. The molecule has 0 spiro atoms. The van der Waals surface area contributed by atoms with Crippen molar-refractivity contribution in [3.63, 3.8) is 0 Å². The van der Waals surface area contributed by atoms with E-state index in [2.05, 4.69) is 30.3 Å². The van der Waals surface area contributed by atoms with Crippen molar-refractivity contribution in [1.82, 2.24) is 10.2 Å². The van der Waals surface area contributed by atoms with E-state index in [1.54, 1.807) is 0 Å². The molecule has 1 aliphatic rings. The number of ether oxygens (including phenoxy) is 1. The van der Waals surface area contributed by atoms with Crippen LogP contribution in [0.4, 0.5) is 0 Å². The molecule has 2 heterocycles. The quantitative estimate of drug-likeness (QED) is 0.855. The molecule has 0 amide bonds. The minimum absolute atomic E-state index is 0.565. The van der Waals surface area contributed by atoms with Crippen molar-refractivity contribution in [2.45, 2.75) is 32.9 Å². The van der Waals surface area contributed by atoms with Crippen molar-refractivity contribution in [3.05, 3.63) is 23.7 Å². The normalized spacial score (nSPS) is 24.0. The first-order valence-electron chi connectivity index (χ1n) is 7.24. The molecule has 2 rings (SSSR count). The van der Waals surface area contributed by atoms with Crippen LogP contribution in [0.1, 0.15) is 24.9 Å². The second-order valence-corrected chi connectivity index (χ2v) is 5.50. The zero-order valence-corrected chi connectivity index (χ0v) is 12.3. The van der Waals surface area contributed by atoms with E-state index in [1.165, 1.54) is 0 Å². The molecular formula is C15H26N2O2. The van der Waals surface area contributed by atoms with Crippen molar-refractivity contribution in [2.24, 2.45) is 5.92 Å². The number of hydrogen-bond donors (Lipinski definition) is 1. The molecule has 0 aliphatic carbocycles. The van der Waals surface area contributed by atoms with Gasteiger partial charge in [0.25, 0.3) is 0 Å². The fourth-order valence-electron chi connectivity index (χ4n) is 2.81. The highest BCUT2D eigenvalue weighted by molar-refractivity contribution is 5.05. The molecule has 19 heavy (non-hydrogen) atoms. The highest BCUT2D eigenvalue weighted by Gasteiger charge is 2.26. The van der Waals surface area contributed by atoms with E-state index in [0.717, 1.165) is 50.8 Å². The van der Waals surface area contributed by atoms with Gasteiger partial charge in [0.2, 0.25) is 0 Å². The Balaban J connectivity index is 1.84. The summed E-state index contributed by atoms with van der Waals surface area (Å²) in [5.41, 5.74) is 0. The van der Waals surface area contributed by atoms with Crippen molar-refractivity contribution < 1.29 is 9.15 Å². The fourth-order valence-corrected chi connectivity index (χ4v) is 2.81. The summed E-state index contributed by atoms with van der Waals surface area (Å²) in [6.45, 7) is 8.83. The van der Waals surface area contributed by atoms with E-state index in [-0.39, 0.29) is 0 Å². The van der Waals surface area contributed by atoms with Gasteiger partial charge in [-0.2, -0.15) is 0 Å². The van der Waals surface area contributed by atoms with Crippen LogP contribution in [0.15, 0.2) is 16.5 Å². The van der Waals surface area contributed by atoms with Crippen molar-refractivity contribution in [1.29, 1.82) is 0 Å². The standard InChI is InChI=1S/C15H26N2O2/c1-4-16-15-7-8-18-11-13(15)9-17(3)10-14-6-5-12(2)19-14/h5-6,13,15-16H,4,7-11H2,1-3H3. The average molecular weight is 266 g/mol. The summed E-state index contributed by atoms with van der Waals surface area (Å²) in [7, 11) is 2.15. The van der Waals surface area contributed by atoms with Gasteiger partial charge < -0.3 is 14.5 Å². The van der Waals surface area contributed by atoms with E-state index in [1.807, 2.05) is 13.0 Å². The van der Waals surface area contributed by atoms with E-state index in [9.17, 15) is 0 Å². The highest BCUT2D eigenvalue weighted by atomic mass is 16.5. The van der Waals surface area contributed by atoms with Crippen molar-refractivity contribution in [2.75, 3.05) is 33.4 Å². The molecule has 1 aliphatic heterocycles. The van der Waals surface area contributed by atoms with Gasteiger partial charge in [0.1, 0.15) is 11.5 Å². The minimum atomic E-state index is 0.565. The Labute approximate surface area is 116 Å². The first kappa shape index (κ1) is 14.6. The Morgan fingerprint density at radius 3 is 2.95 bits per heavy atom. The number of hydrogen-bond acceptors (Lipinski definition) is 4. The van der Waals surface area contributed by atoms with Gasteiger partial charge in [0.15, 0.2) is 0 Å². The maximum Gasteiger partial charge on any atom is 0.118 e. The van der Waals surface area contributed by atoms with Crippen LogP contribution in [-0.2, 0) is 11.3 Å². The van der Waals surface area contributed by atoms with E-state index >= 15 is 0 Å². The molecule has 4 nitrogen and oxygen atoms in total. The lowest BCUT2D eigenvalue weighted by Crippen LogP contribution is -2.47. The van der Waals surface area contributed by atoms with E-state index in [4.69, 9.17) is 9.15 Å². The number of nitrogens with one attached hydrogen (secondary N) is 1. The molecule has 0 aromatic carbocycles. The molecule has 1 aromatic rings. The third kappa shape index (κ3) is 4.34. The van der Waals surface area contributed by atoms with Crippen LogP contribution in [0.2, 0.25) is 0 Å². The fraction of sp³-hybridized carbons (Fsp3) is 0.733. The van der Waals surface area contributed by atoms with Crippen LogP contribution in [0.25, 0.3) is 0 Å². The molecule has 1 fully saturated rings. The largest absolute Gasteiger partial charge is 0.465 e. The maximum absolute atomic E-state index is 5.63. The molecule has 2 atom stereocenters. The summed E-state index contributed by atoms with van der Waals surface area (Å²) >= 11 is 0. The Morgan fingerprint density at radius 1 is 1.42 bits per heavy atom. The van der Waals surface area contributed by atoms with Gasteiger partial charge in [-0.1, -0.05) is 6.92 Å². The third-order valence-electron chi connectivity index (χ3n) is 3.71. The minimum Gasteiger partial charge on any atom is -0.465 e. The maximum atomic E-state index is 5.63. The Morgan fingerprint density at radius 2 is 2.26 bits per heavy atom. The van der Waals surface area contributed by atoms with Crippen LogP contribution in [0, 0.1) is 12.8 Å². The van der Waals surface area contributed by atoms with E-state index in [0.29, 0.717) is 12.0 Å². The molecule has 1 aromatic heterocycles. The van der Waals surface area contributed by atoms with Crippen molar-refractivity contribution in [3.8, 4) is 0 Å². The predicted octanol–water partition coefficient (Wildman–Crippen LogP) is 2.03. The Hall–Kier alpha value is -0.840. The first-order chi connectivity index (χ1) is 9.19. The summed E-state index contributed by atoms with van der Waals surface area (Å²) in [5, 5.41) is 3.58. The molecule has 2 unspecified atom stereocenters. The van der Waals surface area contributed by atoms with Gasteiger partial charge in [-0.25, -0.2) is 0 Å². The zero-order chi connectivity index (χ0) is 13.7. The smallest absolute Gasteiger partial charge is 0.118 e. The molecular weight excluding hydrogens is 240 g/mol. The predicted molar refractivity (Wildman–Crippen MR) is 76.2 cm³/mol. The van der Waals surface area contributed by atoms with Gasteiger partial charge in [-0.15, -0.1) is 0 Å². The molecule has 0 bridgehead atoms. The topological polar surface area (TPSA) is 37.6 Å². The molecule has 0 radical (unpaired) electrons. The lowest BCUT2D eigenvalue weighted by Gasteiger charge is -2.34. The molecule has 0 saturated carbocycles. The molecule has 108 valence electrons. The number of furan rings is 1.